The van der Waals surface area contributed by atoms with Crippen molar-refractivity contribution in [1.82, 2.24) is 29.9 Å². The first-order chi connectivity index (χ1) is 34.3. The predicted molar refractivity (Wildman–Crippen MR) is 272 cm³/mol. The number of hydrogen-bond acceptors (Lipinski definition) is 14. The summed E-state index contributed by atoms with van der Waals surface area (Å²) in [6.45, 7) is 1.78. The molecule has 71 heavy (non-hydrogen) atoms. The Labute approximate surface area is 410 Å². The Kier molecular flexibility index (Phi) is 13.4. The van der Waals surface area contributed by atoms with Crippen molar-refractivity contribution >= 4 is 87.9 Å². The summed E-state index contributed by atoms with van der Waals surface area (Å²) < 4.78 is 63.2. The zero-order chi connectivity index (χ0) is 49.1. The molecule has 20 heteroatoms. The van der Waals surface area contributed by atoms with E-state index in [1.807, 2.05) is 30.5 Å². The van der Waals surface area contributed by atoms with Crippen LogP contribution in [0.25, 0.3) is 33.0 Å². The number of amides is 1. The Balaban J connectivity index is 0.000000164. The normalized spacial score (nSPS) is 15.3. The summed E-state index contributed by atoms with van der Waals surface area (Å²) in [5.74, 6) is 6.67. The third-order valence-electron chi connectivity index (χ3n) is 12.7. The Hall–Kier alpha value is -7.42. The van der Waals surface area contributed by atoms with E-state index in [-0.39, 0.29) is 50.6 Å². The van der Waals surface area contributed by atoms with Gasteiger partial charge in [0.25, 0.3) is 0 Å². The van der Waals surface area contributed by atoms with Crippen molar-refractivity contribution < 1.29 is 34.8 Å². The van der Waals surface area contributed by atoms with Crippen molar-refractivity contribution in [2.24, 2.45) is 11.8 Å². The number of aromatic amines is 2. The number of nitrogens with two attached hydrogens (primary N) is 1. The molecule has 0 bridgehead atoms. The SMILES string of the molecule is Nn1c(C(=O)C2CC2)nc2cc(OS(=O)(=O)c3ccc(NCCCNC4CCCCC4)cc3)ccc21.O=C(Nc1nc2cc(OS(=O)(=O)c3ccc(Nc4ccc5[nH]ccc5c4)cc3)ccc2[nH]1)C1CC1. The van der Waals surface area contributed by atoms with Crippen LogP contribution in [0.15, 0.2) is 125 Å². The van der Waals surface area contributed by atoms with E-state index in [4.69, 9.17) is 14.2 Å². The summed E-state index contributed by atoms with van der Waals surface area (Å²) in [5.41, 5.74) is 5.63. The van der Waals surface area contributed by atoms with Gasteiger partial charge in [-0.05, 0) is 149 Å². The molecule has 0 aliphatic heterocycles. The Bertz CT molecular complexity index is 3450. The highest BCUT2D eigenvalue weighted by Crippen LogP contribution is 2.34. The predicted octanol–water partition coefficient (Wildman–Crippen LogP) is 8.74. The summed E-state index contributed by atoms with van der Waals surface area (Å²) in [4.78, 5) is 39.2. The van der Waals surface area contributed by atoms with Crippen LogP contribution in [-0.4, -0.2) is 72.3 Å². The van der Waals surface area contributed by atoms with Gasteiger partial charge in [-0.3, -0.25) is 14.9 Å². The minimum absolute atomic E-state index is 0.0177. The van der Waals surface area contributed by atoms with Crippen molar-refractivity contribution in [1.29, 1.82) is 0 Å². The lowest BCUT2D eigenvalue weighted by Crippen LogP contribution is -2.32. The Morgan fingerprint density at radius 2 is 1.30 bits per heavy atom. The minimum atomic E-state index is -4.05. The molecule has 0 saturated heterocycles. The van der Waals surface area contributed by atoms with Crippen LogP contribution in [0.3, 0.4) is 0 Å². The summed E-state index contributed by atoms with van der Waals surface area (Å²) in [6.07, 6.45) is 12.9. The second-order valence-electron chi connectivity index (χ2n) is 18.2. The number of rotatable bonds is 18. The molecule has 0 unspecified atom stereocenters. The van der Waals surface area contributed by atoms with Gasteiger partial charge in [0, 0.05) is 70.7 Å². The van der Waals surface area contributed by atoms with Crippen LogP contribution in [0, 0.1) is 11.8 Å². The number of carbonyl (C=O) groups excluding carboxylic acids is 2. The Morgan fingerprint density at radius 3 is 1.99 bits per heavy atom. The number of nitrogen functional groups attached to an aromatic ring is 1. The fourth-order valence-electron chi connectivity index (χ4n) is 8.52. The number of fused-ring (bicyclic) bond motifs is 3. The van der Waals surface area contributed by atoms with Gasteiger partial charge in [0.15, 0.2) is 5.82 Å². The highest BCUT2D eigenvalue weighted by atomic mass is 32.2. The molecule has 3 aliphatic carbocycles. The monoisotopic (exact) mass is 998 g/mol. The summed E-state index contributed by atoms with van der Waals surface area (Å²) in [6, 6.07) is 30.8. The number of H-pyrrole nitrogens is 2. The lowest BCUT2D eigenvalue weighted by atomic mass is 9.95. The van der Waals surface area contributed by atoms with Crippen molar-refractivity contribution in [3.8, 4) is 11.5 Å². The highest BCUT2D eigenvalue weighted by molar-refractivity contribution is 7.87. The fraction of sp³-hybridized carbons (Fsp3) is 0.294. The number of imidazole rings is 2. The lowest BCUT2D eigenvalue weighted by Gasteiger charge is -2.22. The summed E-state index contributed by atoms with van der Waals surface area (Å²) >= 11 is 0. The number of nitrogens with zero attached hydrogens (tertiary/aromatic N) is 3. The average molecular weight is 999 g/mol. The van der Waals surface area contributed by atoms with Crippen LogP contribution in [0.2, 0.25) is 0 Å². The molecular formula is C51H54N10O8S2. The molecule has 1 amide bonds. The topological polar surface area (TPSA) is 257 Å². The molecule has 0 atom stereocenters. The van der Waals surface area contributed by atoms with Gasteiger partial charge in [-0.25, -0.2) is 14.6 Å². The zero-order valence-corrected chi connectivity index (χ0v) is 40.3. The van der Waals surface area contributed by atoms with E-state index < -0.39 is 20.2 Å². The first-order valence-corrected chi connectivity index (χ1v) is 26.7. The van der Waals surface area contributed by atoms with E-state index in [0.717, 1.165) is 73.2 Å². The first kappa shape index (κ1) is 47.3. The van der Waals surface area contributed by atoms with E-state index in [1.165, 1.54) is 85.3 Å². The minimum Gasteiger partial charge on any atom is -0.385 e. The maximum absolute atomic E-state index is 12.8. The van der Waals surface area contributed by atoms with Crippen molar-refractivity contribution in [2.75, 3.05) is 34.9 Å². The summed E-state index contributed by atoms with van der Waals surface area (Å²) in [5, 5.41) is 14.0. The van der Waals surface area contributed by atoms with E-state index in [1.54, 1.807) is 36.4 Å². The molecule has 3 fully saturated rings. The third kappa shape index (κ3) is 11.5. The number of ketones is 1. The van der Waals surface area contributed by atoms with E-state index in [0.29, 0.717) is 34.1 Å². The van der Waals surface area contributed by atoms with Gasteiger partial charge in [0.1, 0.15) is 21.3 Å². The van der Waals surface area contributed by atoms with Gasteiger partial charge in [0.05, 0.1) is 22.1 Å². The molecule has 368 valence electrons. The van der Waals surface area contributed by atoms with Crippen LogP contribution in [0.4, 0.5) is 23.0 Å². The number of Topliss-reactive ketones (excluding diaryl/α,β-unsaturated/α-hetero) is 1. The average Bonchev–Trinajstić information content (AvgIpc) is 4.29. The molecule has 3 heterocycles. The molecule has 11 rings (SSSR count). The lowest BCUT2D eigenvalue weighted by molar-refractivity contribution is -0.117. The molecular weight excluding hydrogens is 945 g/mol. The smallest absolute Gasteiger partial charge is 0.339 e. The van der Waals surface area contributed by atoms with E-state index >= 15 is 0 Å². The molecule has 8 aromatic rings. The zero-order valence-electron chi connectivity index (χ0n) is 38.7. The van der Waals surface area contributed by atoms with Gasteiger partial charge in [-0.2, -0.15) is 16.8 Å². The van der Waals surface area contributed by atoms with Crippen LogP contribution in [-0.2, 0) is 25.0 Å². The van der Waals surface area contributed by atoms with Crippen LogP contribution in [0.5, 0.6) is 11.5 Å². The third-order valence-corrected chi connectivity index (χ3v) is 15.3. The number of hydrogen-bond donors (Lipinski definition) is 7. The Morgan fingerprint density at radius 1 is 0.662 bits per heavy atom. The van der Waals surface area contributed by atoms with Crippen LogP contribution < -0.4 is 35.5 Å². The molecule has 3 aromatic heterocycles. The molecule has 5 aromatic carbocycles. The number of aromatic nitrogens is 5. The fourth-order valence-corrected chi connectivity index (χ4v) is 10.4. The van der Waals surface area contributed by atoms with Gasteiger partial charge >= 0.3 is 20.2 Å². The molecule has 3 aliphatic rings. The molecule has 8 N–H and O–H groups in total. The van der Waals surface area contributed by atoms with Gasteiger partial charge in [0.2, 0.25) is 17.6 Å². The summed E-state index contributed by atoms with van der Waals surface area (Å²) in [7, 11) is -8.08. The standard InChI is InChI=1S/C26H33N5O4S.C25H21N5O4S/c27-31-24-14-11-21(17-23(24)30-26(31)25(32)18-7-8-18)35-36(33,34)22-12-9-20(10-13-22)29-16-4-15-28-19-5-2-1-3-6-19;31-24(15-1-2-15)30-25-28-22-10-6-19(14-23(22)29-25)34-35(32,33)20-7-3-17(4-8-20)27-18-5-9-21-16(13-18)11-12-26-21/h9-14,17-19,28-29H,1-8,15-16,27H2;3-15,26-27H,1-2H2,(H2,28,29,30,31). The largest absolute Gasteiger partial charge is 0.385 e. The number of carbonyl (C=O) groups is 2. The first-order valence-electron chi connectivity index (χ1n) is 23.9. The van der Waals surface area contributed by atoms with Crippen molar-refractivity contribution in [2.45, 2.75) is 80.0 Å². The molecule has 0 radical (unpaired) electrons. The van der Waals surface area contributed by atoms with Crippen molar-refractivity contribution in [3.05, 3.63) is 121 Å². The second kappa shape index (κ2) is 20.1. The number of anilines is 4. The second-order valence-corrected chi connectivity index (χ2v) is 21.3. The quantitative estimate of drug-likeness (QED) is 0.0184. The van der Waals surface area contributed by atoms with E-state index in [2.05, 4.69) is 41.2 Å². The molecule has 0 spiro atoms. The highest BCUT2D eigenvalue weighted by Gasteiger charge is 2.34. The van der Waals surface area contributed by atoms with Crippen molar-refractivity contribution in [3.63, 3.8) is 0 Å². The van der Waals surface area contributed by atoms with Crippen LogP contribution in [0.1, 0.15) is 74.8 Å². The maximum Gasteiger partial charge on any atom is 0.339 e. The number of benzene rings is 5. The molecule has 3 saturated carbocycles. The van der Waals surface area contributed by atoms with Gasteiger partial charge < -0.3 is 40.1 Å². The van der Waals surface area contributed by atoms with E-state index in [9.17, 15) is 26.4 Å². The van der Waals surface area contributed by atoms with Gasteiger partial charge in [-0.1, -0.05) is 19.3 Å². The maximum atomic E-state index is 12.8. The number of nitrogens with one attached hydrogen (secondary N) is 6. The molecule has 18 nitrogen and oxygen atoms in total. The van der Waals surface area contributed by atoms with Gasteiger partial charge in [-0.15, -0.1) is 0 Å². The van der Waals surface area contributed by atoms with Crippen LogP contribution >= 0.6 is 0 Å².